The number of nitrogens with zero attached hydrogens (tertiary/aromatic N) is 2. The zero-order chi connectivity index (χ0) is 16.7. The van der Waals surface area contributed by atoms with E-state index in [2.05, 4.69) is 41.1 Å². The Hall–Kier alpha value is -3.01. The number of imidazole rings is 1. The summed E-state index contributed by atoms with van der Waals surface area (Å²) in [5.41, 5.74) is 6.06. The molecule has 0 bridgehead atoms. The van der Waals surface area contributed by atoms with Crippen molar-refractivity contribution in [3.63, 3.8) is 0 Å². The number of hydrogen-bond donors (Lipinski definition) is 1. The van der Waals surface area contributed by atoms with E-state index >= 15 is 0 Å². The fourth-order valence-electron chi connectivity index (χ4n) is 3.05. The summed E-state index contributed by atoms with van der Waals surface area (Å²) in [4.78, 5) is 8.27. The van der Waals surface area contributed by atoms with Crippen molar-refractivity contribution in [3.8, 4) is 11.4 Å². The van der Waals surface area contributed by atoms with Gasteiger partial charge in [-0.2, -0.15) is 0 Å². The van der Waals surface area contributed by atoms with Crippen LogP contribution < -0.4 is 0 Å². The summed E-state index contributed by atoms with van der Waals surface area (Å²) in [5.74, 6) is 0.674. The molecule has 0 unspecified atom stereocenters. The Bertz CT molecular complexity index is 1020. The first kappa shape index (κ1) is 14.6. The second-order valence-electron chi connectivity index (χ2n) is 5.82. The van der Waals surface area contributed by atoms with E-state index in [4.69, 9.17) is 9.72 Å². The van der Waals surface area contributed by atoms with Gasteiger partial charge >= 0.3 is 0 Å². The van der Waals surface area contributed by atoms with Crippen LogP contribution in [-0.2, 0) is 4.74 Å². The maximum atomic E-state index is 5.50. The van der Waals surface area contributed by atoms with Crippen LogP contribution in [-0.4, -0.2) is 21.0 Å². The lowest BCUT2D eigenvalue weighted by Gasteiger charge is -2.07. The second-order valence-corrected chi connectivity index (χ2v) is 5.82. The molecule has 4 heteroatoms. The highest BCUT2D eigenvalue weighted by molar-refractivity contribution is 5.86. The van der Waals surface area contributed by atoms with Crippen LogP contribution in [0.2, 0.25) is 0 Å². The molecular formula is C20H19N3O. The Kier molecular flexibility index (Phi) is 3.38. The first-order valence-corrected chi connectivity index (χ1v) is 8.06. The van der Waals surface area contributed by atoms with Crippen LogP contribution in [0.4, 0.5) is 0 Å². The molecular weight excluding hydrogens is 298 g/mol. The summed E-state index contributed by atoms with van der Waals surface area (Å²) < 4.78 is 7.59. The molecule has 0 saturated carbocycles. The molecule has 0 radical (unpaired) electrons. The lowest BCUT2D eigenvalue weighted by molar-refractivity contribution is 0.299. The summed E-state index contributed by atoms with van der Waals surface area (Å²) in [5, 5.41) is 1.19. The lowest BCUT2D eigenvalue weighted by atomic mass is 10.2. The molecule has 3 aromatic heterocycles. The van der Waals surface area contributed by atoms with Gasteiger partial charge in [0.25, 0.3) is 0 Å². The van der Waals surface area contributed by atoms with Crippen molar-refractivity contribution in [2.24, 2.45) is 0 Å². The minimum absolute atomic E-state index is 0.609. The largest absolute Gasteiger partial charge is 0.494 e. The maximum Gasteiger partial charge on any atom is 0.138 e. The Balaban J connectivity index is 1.84. The highest BCUT2D eigenvalue weighted by Gasteiger charge is 2.13. The predicted octanol–water partition coefficient (Wildman–Crippen LogP) is 4.80. The first-order valence-electron chi connectivity index (χ1n) is 8.06. The number of hydrogen-bond acceptors (Lipinski definition) is 2. The van der Waals surface area contributed by atoms with E-state index in [-0.39, 0.29) is 0 Å². The quantitative estimate of drug-likeness (QED) is 0.549. The zero-order valence-corrected chi connectivity index (χ0v) is 13.8. The minimum atomic E-state index is 0.609. The van der Waals surface area contributed by atoms with Crippen LogP contribution in [0, 0.1) is 6.92 Å². The molecule has 0 atom stereocenters. The Labute approximate surface area is 140 Å². The normalized spacial score (nSPS) is 11.2. The summed E-state index contributed by atoms with van der Waals surface area (Å²) in [6.45, 7) is 8.62. The van der Waals surface area contributed by atoms with Crippen molar-refractivity contribution in [2.75, 3.05) is 6.61 Å². The van der Waals surface area contributed by atoms with Crippen molar-refractivity contribution in [1.82, 2.24) is 14.4 Å². The van der Waals surface area contributed by atoms with Gasteiger partial charge in [-0.15, -0.1) is 0 Å². The number of H-pyrrole nitrogens is 1. The number of aryl methyl sites for hydroxylation is 1. The third kappa shape index (κ3) is 2.27. The minimum Gasteiger partial charge on any atom is -0.494 e. The SMILES string of the molecule is C=C(OCC)c1ccn2c(C)c(-c3cc4ccccc4[nH]3)nc2c1. The van der Waals surface area contributed by atoms with Crippen molar-refractivity contribution in [2.45, 2.75) is 13.8 Å². The Morgan fingerprint density at radius 1 is 1.25 bits per heavy atom. The van der Waals surface area contributed by atoms with Crippen LogP contribution in [0.15, 0.2) is 55.2 Å². The van der Waals surface area contributed by atoms with Gasteiger partial charge in [-0.3, -0.25) is 0 Å². The smallest absolute Gasteiger partial charge is 0.138 e. The number of nitrogens with one attached hydrogen (secondary N) is 1. The van der Waals surface area contributed by atoms with Crippen molar-refractivity contribution < 1.29 is 4.74 Å². The molecule has 4 aromatic rings. The lowest BCUT2D eigenvalue weighted by Crippen LogP contribution is -1.93. The highest BCUT2D eigenvalue weighted by Crippen LogP contribution is 2.27. The monoisotopic (exact) mass is 317 g/mol. The summed E-state index contributed by atoms with van der Waals surface area (Å²) >= 11 is 0. The van der Waals surface area contributed by atoms with Crippen LogP contribution >= 0.6 is 0 Å². The van der Waals surface area contributed by atoms with Crippen LogP contribution in [0.3, 0.4) is 0 Å². The molecule has 0 spiro atoms. The van der Waals surface area contributed by atoms with E-state index < -0.39 is 0 Å². The van der Waals surface area contributed by atoms with Crippen molar-refractivity contribution in [1.29, 1.82) is 0 Å². The number of ether oxygens (including phenoxy) is 1. The summed E-state index contributed by atoms with van der Waals surface area (Å²) in [6, 6.07) is 14.4. The molecule has 0 aliphatic carbocycles. The fraction of sp³-hybridized carbons (Fsp3) is 0.150. The highest BCUT2D eigenvalue weighted by atomic mass is 16.5. The van der Waals surface area contributed by atoms with E-state index in [0.717, 1.165) is 33.8 Å². The number of fused-ring (bicyclic) bond motifs is 2. The average molecular weight is 317 g/mol. The predicted molar refractivity (Wildman–Crippen MR) is 97.9 cm³/mol. The van der Waals surface area contributed by atoms with Gasteiger partial charge in [0.15, 0.2) is 0 Å². The van der Waals surface area contributed by atoms with E-state index in [1.807, 2.05) is 37.4 Å². The van der Waals surface area contributed by atoms with Crippen LogP contribution in [0.1, 0.15) is 18.2 Å². The number of para-hydroxylation sites is 1. The van der Waals surface area contributed by atoms with Gasteiger partial charge in [0.1, 0.15) is 17.1 Å². The summed E-state index contributed by atoms with van der Waals surface area (Å²) in [7, 11) is 0. The molecule has 0 aliphatic heterocycles. The average Bonchev–Trinajstić information content (AvgIpc) is 3.16. The van der Waals surface area contributed by atoms with Gasteiger partial charge in [0.05, 0.1) is 12.3 Å². The van der Waals surface area contributed by atoms with Gasteiger partial charge < -0.3 is 14.1 Å². The third-order valence-electron chi connectivity index (χ3n) is 4.29. The standard InChI is InChI=1S/C20H19N3O/c1-4-24-14(3)15-9-10-23-13(2)20(22-19(23)12-15)18-11-16-7-5-6-8-17(16)21-18/h5-12,21H,3-4H2,1-2H3. The molecule has 24 heavy (non-hydrogen) atoms. The number of aromatic amines is 1. The third-order valence-corrected chi connectivity index (χ3v) is 4.29. The van der Waals surface area contributed by atoms with E-state index in [1.54, 1.807) is 0 Å². The molecule has 4 rings (SSSR count). The number of pyridine rings is 1. The van der Waals surface area contributed by atoms with E-state index in [9.17, 15) is 0 Å². The molecule has 0 saturated heterocycles. The second kappa shape index (κ2) is 5.57. The maximum absolute atomic E-state index is 5.50. The molecule has 120 valence electrons. The molecule has 0 aliphatic rings. The number of rotatable bonds is 4. The summed E-state index contributed by atoms with van der Waals surface area (Å²) in [6.07, 6.45) is 2.02. The molecule has 1 aromatic carbocycles. The van der Waals surface area contributed by atoms with E-state index in [1.165, 1.54) is 5.39 Å². The van der Waals surface area contributed by atoms with Crippen molar-refractivity contribution in [3.05, 3.63) is 66.5 Å². The van der Waals surface area contributed by atoms with Gasteiger partial charge in [0.2, 0.25) is 0 Å². The molecule has 3 heterocycles. The van der Waals surface area contributed by atoms with Gasteiger partial charge in [-0.05, 0) is 38.1 Å². The molecule has 1 N–H and O–H groups in total. The van der Waals surface area contributed by atoms with Gasteiger partial charge in [-0.1, -0.05) is 24.8 Å². The Morgan fingerprint density at radius 2 is 2.08 bits per heavy atom. The molecule has 0 amide bonds. The van der Waals surface area contributed by atoms with E-state index in [0.29, 0.717) is 12.4 Å². The van der Waals surface area contributed by atoms with Gasteiger partial charge in [-0.25, -0.2) is 4.98 Å². The number of aromatic nitrogens is 3. The van der Waals surface area contributed by atoms with Crippen LogP contribution in [0.25, 0.3) is 33.7 Å². The first-order chi connectivity index (χ1) is 11.7. The number of benzene rings is 1. The van der Waals surface area contributed by atoms with Crippen molar-refractivity contribution >= 4 is 22.3 Å². The fourth-order valence-corrected chi connectivity index (χ4v) is 3.05. The molecule has 0 fully saturated rings. The Morgan fingerprint density at radius 3 is 2.88 bits per heavy atom. The van der Waals surface area contributed by atoms with Gasteiger partial charge in [0, 0.05) is 28.4 Å². The zero-order valence-electron chi connectivity index (χ0n) is 13.8. The van der Waals surface area contributed by atoms with Crippen LogP contribution in [0.5, 0.6) is 0 Å². The molecule has 4 nitrogen and oxygen atoms in total. The topological polar surface area (TPSA) is 42.3 Å².